The number of hydrogen-bond donors (Lipinski definition) is 0. The highest BCUT2D eigenvalue weighted by Crippen LogP contribution is 2.19. The highest BCUT2D eigenvalue weighted by Gasteiger charge is 2.28. The molecule has 138 valence electrons. The molecule has 2 heterocycles. The van der Waals surface area contributed by atoms with Gasteiger partial charge in [-0.15, -0.1) is 0 Å². The fourth-order valence-electron chi connectivity index (χ4n) is 3.48. The van der Waals surface area contributed by atoms with Gasteiger partial charge in [0, 0.05) is 63.0 Å². The molecule has 0 aliphatic carbocycles. The van der Waals surface area contributed by atoms with Gasteiger partial charge in [-0.1, -0.05) is 44.2 Å². The predicted octanol–water partition coefficient (Wildman–Crippen LogP) is 3.05. The lowest BCUT2D eigenvalue weighted by atomic mass is 10.1. The Bertz CT molecular complexity index is 702. The third kappa shape index (κ3) is 4.67. The maximum absolute atomic E-state index is 12.7. The average Bonchev–Trinajstić information content (AvgIpc) is 2.83. The van der Waals surface area contributed by atoms with Crippen LogP contribution in [-0.2, 0) is 24.3 Å². The zero-order chi connectivity index (χ0) is 18.4. The second kappa shape index (κ2) is 8.90. The lowest BCUT2D eigenvalue weighted by molar-refractivity contribution is -0.133. The molecule has 26 heavy (non-hydrogen) atoms. The van der Waals surface area contributed by atoms with E-state index >= 15 is 0 Å². The number of rotatable bonds is 6. The van der Waals surface area contributed by atoms with Crippen LogP contribution >= 0.6 is 0 Å². The average molecular weight is 352 g/mol. The van der Waals surface area contributed by atoms with Crippen molar-refractivity contribution < 1.29 is 4.79 Å². The topological polar surface area (TPSA) is 49.3 Å². The van der Waals surface area contributed by atoms with Crippen LogP contribution in [0.1, 0.15) is 43.6 Å². The van der Waals surface area contributed by atoms with Gasteiger partial charge in [-0.05, 0) is 12.0 Å². The van der Waals surface area contributed by atoms with E-state index in [1.165, 1.54) is 5.56 Å². The van der Waals surface area contributed by atoms with Gasteiger partial charge in [0.1, 0.15) is 5.82 Å². The fourth-order valence-corrected chi connectivity index (χ4v) is 3.48. The van der Waals surface area contributed by atoms with Crippen LogP contribution in [0.4, 0.5) is 0 Å². The number of hydrogen-bond acceptors (Lipinski definition) is 4. The molecular weight excluding hydrogens is 324 g/mol. The molecule has 0 radical (unpaired) electrons. The summed E-state index contributed by atoms with van der Waals surface area (Å²) in [4.78, 5) is 26.0. The molecule has 1 aliphatic rings. The van der Waals surface area contributed by atoms with E-state index in [1.807, 2.05) is 30.6 Å². The third-order valence-corrected chi connectivity index (χ3v) is 5.02. The molecule has 1 unspecified atom stereocenters. The zero-order valence-electron chi connectivity index (χ0n) is 15.8. The number of carbonyl (C=O) groups is 1. The molecule has 2 aromatic rings. The smallest absolute Gasteiger partial charge is 0.224 e. The second-order valence-electron chi connectivity index (χ2n) is 6.92. The molecule has 1 atom stereocenters. The summed E-state index contributed by atoms with van der Waals surface area (Å²) in [5, 5.41) is 0. The van der Waals surface area contributed by atoms with Crippen LogP contribution in [0, 0.1) is 0 Å². The monoisotopic (exact) mass is 352 g/mol. The Balaban J connectivity index is 1.69. The highest BCUT2D eigenvalue weighted by atomic mass is 16.2. The number of amides is 1. The quantitative estimate of drug-likeness (QED) is 0.802. The number of aromatic nitrogens is 2. The van der Waals surface area contributed by atoms with Crippen LogP contribution in [0.5, 0.6) is 0 Å². The highest BCUT2D eigenvalue weighted by molar-refractivity contribution is 5.77. The van der Waals surface area contributed by atoms with Gasteiger partial charge in [-0.2, -0.15) is 0 Å². The Hall–Kier alpha value is -2.27. The van der Waals surface area contributed by atoms with Crippen molar-refractivity contribution in [2.75, 3.05) is 13.1 Å². The molecule has 0 bridgehead atoms. The molecule has 3 rings (SSSR count). The van der Waals surface area contributed by atoms with Gasteiger partial charge in [0.25, 0.3) is 0 Å². The van der Waals surface area contributed by atoms with Crippen molar-refractivity contribution in [3.63, 3.8) is 0 Å². The number of carbonyl (C=O) groups excluding carboxylic acids is 1. The van der Waals surface area contributed by atoms with E-state index in [-0.39, 0.29) is 11.9 Å². The third-order valence-electron chi connectivity index (χ3n) is 5.02. The Morgan fingerprint density at radius 1 is 1.04 bits per heavy atom. The molecular formula is C21H28N4O. The van der Waals surface area contributed by atoms with Crippen molar-refractivity contribution in [2.24, 2.45) is 0 Å². The minimum absolute atomic E-state index is 0.237. The van der Waals surface area contributed by atoms with E-state index in [0.29, 0.717) is 13.0 Å². The van der Waals surface area contributed by atoms with Crippen LogP contribution in [0.2, 0.25) is 0 Å². The first-order valence-corrected chi connectivity index (χ1v) is 9.55. The van der Waals surface area contributed by atoms with Crippen LogP contribution < -0.4 is 0 Å². The van der Waals surface area contributed by atoms with Crippen molar-refractivity contribution in [3.05, 3.63) is 59.7 Å². The summed E-state index contributed by atoms with van der Waals surface area (Å²) >= 11 is 0. The molecule has 5 nitrogen and oxygen atoms in total. The summed E-state index contributed by atoms with van der Waals surface area (Å²) in [5.41, 5.74) is 2.30. The molecule has 1 aliphatic heterocycles. The van der Waals surface area contributed by atoms with E-state index in [1.54, 1.807) is 0 Å². The van der Waals surface area contributed by atoms with Gasteiger partial charge >= 0.3 is 0 Å². The SMILES string of the molecule is CCc1ncc(CN2CCC(=O)N(Cc3ccccc3)C(CC)C2)cn1. The molecule has 0 N–H and O–H groups in total. The van der Waals surface area contributed by atoms with Gasteiger partial charge in [0.2, 0.25) is 5.91 Å². The first-order chi connectivity index (χ1) is 12.7. The van der Waals surface area contributed by atoms with E-state index in [9.17, 15) is 4.79 Å². The Kier molecular flexibility index (Phi) is 6.34. The van der Waals surface area contributed by atoms with Crippen LogP contribution in [0.3, 0.4) is 0 Å². The van der Waals surface area contributed by atoms with Crippen molar-refractivity contribution in [1.82, 2.24) is 19.8 Å². The number of benzene rings is 1. The number of aryl methyl sites for hydroxylation is 1. The maximum atomic E-state index is 12.7. The van der Waals surface area contributed by atoms with E-state index in [2.05, 4.69) is 45.7 Å². The summed E-state index contributed by atoms with van der Waals surface area (Å²) in [6, 6.07) is 10.5. The Morgan fingerprint density at radius 3 is 2.42 bits per heavy atom. The molecule has 1 aromatic heterocycles. The van der Waals surface area contributed by atoms with E-state index in [4.69, 9.17) is 0 Å². The first-order valence-electron chi connectivity index (χ1n) is 9.55. The summed E-state index contributed by atoms with van der Waals surface area (Å²) in [6.07, 6.45) is 6.21. The predicted molar refractivity (Wildman–Crippen MR) is 102 cm³/mol. The van der Waals surface area contributed by atoms with Gasteiger partial charge in [0.05, 0.1) is 0 Å². The largest absolute Gasteiger partial charge is 0.334 e. The fraction of sp³-hybridized carbons (Fsp3) is 0.476. The van der Waals surface area contributed by atoms with Crippen molar-refractivity contribution in [2.45, 2.75) is 52.2 Å². The summed E-state index contributed by atoms with van der Waals surface area (Å²) in [7, 11) is 0. The van der Waals surface area contributed by atoms with Crippen LogP contribution in [0.15, 0.2) is 42.7 Å². The number of nitrogens with zero attached hydrogens (tertiary/aromatic N) is 4. The molecule has 0 saturated carbocycles. The first kappa shape index (κ1) is 18.5. The standard InChI is InChI=1S/C21H28N4O/c1-3-19-16-24(14-18-12-22-20(4-2)23-13-18)11-10-21(26)25(19)15-17-8-6-5-7-9-17/h5-9,12-13,19H,3-4,10-11,14-16H2,1-2H3. The van der Waals surface area contributed by atoms with E-state index in [0.717, 1.165) is 43.9 Å². The van der Waals surface area contributed by atoms with Crippen molar-refractivity contribution in [1.29, 1.82) is 0 Å². The maximum Gasteiger partial charge on any atom is 0.224 e. The molecule has 5 heteroatoms. The minimum Gasteiger partial charge on any atom is -0.334 e. The summed E-state index contributed by atoms with van der Waals surface area (Å²) < 4.78 is 0. The van der Waals surface area contributed by atoms with Gasteiger partial charge in [-0.25, -0.2) is 9.97 Å². The molecule has 1 saturated heterocycles. The van der Waals surface area contributed by atoms with Crippen molar-refractivity contribution in [3.8, 4) is 0 Å². The summed E-state index contributed by atoms with van der Waals surface area (Å²) in [5.74, 6) is 1.13. The van der Waals surface area contributed by atoms with Crippen LogP contribution in [-0.4, -0.2) is 44.8 Å². The minimum atomic E-state index is 0.237. The van der Waals surface area contributed by atoms with E-state index < -0.39 is 0 Å². The molecule has 0 spiro atoms. The molecule has 1 aromatic carbocycles. The second-order valence-corrected chi connectivity index (χ2v) is 6.92. The van der Waals surface area contributed by atoms with Gasteiger partial charge in [0.15, 0.2) is 0 Å². The Morgan fingerprint density at radius 2 is 1.77 bits per heavy atom. The van der Waals surface area contributed by atoms with Crippen molar-refractivity contribution >= 4 is 5.91 Å². The normalized spacial score (nSPS) is 18.8. The lowest BCUT2D eigenvalue weighted by Gasteiger charge is -2.31. The molecule has 1 amide bonds. The van der Waals surface area contributed by atoms with Gasteiger partial charge in [-0.3, -0.25) is 9.69 Å². The lowest BCUT2D eigenvalue weighted by Crippen LogP contribution is -2.42. The Labute approximate surface area is 156 Å². The van der Waals surface area contributed by atoms with Crippen LogP contribution in [0.25, 0.3) is 0 Å². The molecule has 1 fully saturated rings. The zero-order valence-corrected chi connectivity index (χ0v) is 15.8. The van der Waals surface area contributed by atoms with Gasteiger partial charge < -0.3 is 4.90 Å². The summed E-state index contributed by atoms with van der Waals surface area (Å²) in [6.45, 7) is 7.40.